The van der Waals surface area contributed by atoms with Gasteiger partial charge in [0, 0.05) is 16.7 Å². The van der Waals surface area contributed by atoms with E-state index in [1.165, 1.54) is 31.0 Å². The molecule has 1 N–H and O–H groups in total. The first-order valence-electron chi connectivity index (χ1n) is 9.44. The Balaban J connectivity index is 2.16. The molecule has 0 bridgehead atoms. The molecule has 9 heteroatoms. The minimum absolute atomic E-state index is 0.126. The number of halogens is 1. The Morgan fingerprint density at radius 3 is 2.47 bits per heavy atom. The molecule has 2 unspecified atom stereocenters. The quantitative estimate of drug-likeness (QED) is 0.323. The van der Waals surface area contributed by atoms with E-state index in [9.17, 15) is 22.2 Å². The van der Waals surface area contributed by atoms with Gasteiger partial charge in [0.25, 0.3) is 0 Å². The molecule has 30 heavy (non-hydrogen) atoms. The van der Waals surface area contributed by atoms with Crippen LogP contribution in [0.5, 0.6) is 0 Å². The summed E-state index contributed by atoms with van der Waals surface area (Å²) in [5, 5.41) is -0.189. The Labute approximate surface area is 181 Å². The first kappa shape index (κ1) is 24.2. The number of aryl methyl sites for hydroxylation is 1. The molecule has 0 heterocycles. The number of methoxy groups -OCH3 is 1. The number of hydrogen-bond acceptors (Lipinski definition) is 5. The Morgan fingerprint density at radius 2 is 1.90 bits per heavy atom. The molecule has 0 saturated carbocycles. The summed E-state index contributed by atoms with van der Waals surface area (Å²) in [6.45, 7) is 3.31. The van der Waals surface area contributed by atoms with E-state index in [-0.39, 0.29) is 23.5 Å². The van der Waals surface area contributed by atoms with Gasteiger partial charge in [-0.3, -0.25) is 9.35 Å². The zero-order valence-corrected chi connectivity index (χ0v) is 18.7. The molecule has 0 aliphatic rings. The lowest BCUT2D eigenvalue weighted by Crippen LogP contribution is -2.33. The molecule has 2 rings (SSSR count). The van der Waals surface area contributed by atoms with Crippen LogP contribution in [0, 0.1) is 18.7 Å². The van der Waals surface area contributed by atoms with Gasteiger partial charge < -0.3 is 4.74 Å². The summed E-state index contributed by atoms with van der Waals surface area (Å²) in [6.07, 6.45) is 0.758. The van der Waals surface area contributed by atoms with Crippen molar-refractivity contribution >= 4 is 33.7 Å². The molecule has 6 nitrogen and oxygen atoms in total. The van der Waals surface area contributed by atoms with E-state index >= 15 is 0 Å². The maximum absolute atomic E-state index is 14.3. The highest BCUT2D eigenvalue weighted by molar-refractivity contribution is 8.00. The smallest absolute Gasteiger partial charge is 0.360 e. The number of nitrogens with zero attached hydrogens (tertiary/aromatic N) is 1. The van der Waals surface area contributed by atoms with E-state index in [1.807, 2.05) is 30.3 Å². The maximum atomic E-state index is 14.3. The molecule has 0 saturated heterocycles. The monoisotopic (exact) mass is 455 g/mol. The normalized spacial score (nSPS) is 13.5. The Hall–Kier alpha value is -2.10. The van der Waals surface area contributed by atoms with Crippen LogP contribution in [0.4, 0.5) is 10.1 Å². The van der Waals surface area contributed by atoms with Gasteiger partial charge in [0.15, 0.2) is 0 Å². The Bertz CT molecular complexity index is 953. The van der Waals surface area contributed by atoms with E-state index < -0.39 is 22.0 Å². The molecule has 0 fully saturated rings. The highest BCUT2D eigenvalue weighted by Gasteiger charge is 2.27. The van der Waals surface area contributed by atoms with Crippen molar-refractivity contribution in [2.45, 2.75) is 36.8 Å². The van der Waals surface area contributed by atoms with Crippen LogP contribution in [0.15, 0.2) is 53.4 Å². The number of benzene rings is 2. The van der Waals surface area contributed by atoms with Crippen LogP contribution in [-0.4, -0.2) is 37.8 Å². The van der Waals surface area contributed by atoms with E-state index in [1.54, 1.807) is 19.9 Å². The molecular weight excluding hydrogens is 429 g/mol. The van der Waals surface area contributed by atoms with Crippen molar-refractivity contribution in [2.75, 3.05) is 18.0 Å². The second-order valence-corrected chi connectivity index (χ2v) is 9.58. The lowest BCUT2D eigenvalue weighted by Gasteiger charge is -2.25. The minimum Gasteiger partial charge on any atom is -0.469 e. The van der Waals surface area contributed by atoms with Crippen molar-refractivity contribution in [3.8, 4) is 0 Å². The fourth-order valence-electron chi connectivity index (χ4n) is 3.03. The molecule has 2 aromatic rings. The molecular formula is C21H26FNO5S2. The number of anilines is 1. The fraction of sp³-hybridized carbons (Fsp3) is 0.381. The lowest BCUT2D eigenvalue weighted by molar-refractivity contribution is -0.144. The third-order valence-electron chi connectivity index (χ3n) is 4.66. The van der Waals surface area contributed by atoms with E-state index in [0.717, 1.165) is 4.90 Å². The fourth-order valence-corrected chi connectivity index (χ4v) is 5.05. The molecule has 164 valence electrons. The van der Waals surface area contributed by atoms with Gasteiger partial charge >= 0.3 is 16.3 Å². The van der Waals surface area contributed by atoms with Crippen molar-refractivity contribution in [3.05, 3.63) is 59.9 Å². The number of rotatable bonds is 10. The van der Waals surface area contributed by atoms with Crippen molar-refractivity contribution in [1.82, 2.24) is 0 Å². The number of carbonyl (C=O) groups excluding carboxylic acids is 1. The molecule has 0 spiro atoms. The zero-order chi connectivity index (χ0) is 22.3. The van der Waals surface area contributed by atoms with Gasteiger partial charge in [0.2, 0.25) is 0 Å². The number of hydrogen-bond donors (Lipinski definition) is 1. The van der Waals surface area contributed by atoms with Crippen molar-refractivity contribution in [3.63, 3.8) is 0 Å². The van der Waals surface area contributed by atoms with E-state index in [2.05, 4.69) is 0 Å². The summed E-state index contributed by atoms with van der Waals surface area (Å²) in [5.41, 5.74) is 0.425. The number of esters is 1. The van der Waals surface area contributed by atoms with Crippen molar-refractivity contribution in [2.24, 2.45) is 5.92 Å². The van der Waals surface area contributed by atoms with Gasteiger partial charge in [0.1, 0.15) is 5.82 Å². The van der Waals surface area contributed by atoms with Crippen molar-refractivity contribution < 1.29 is 26.9 Å². The van der Waals surface area contributed by atoms with Gasteiger partial charge in [-0.15, -0.1) is 11.8 Å². The van der Waals surface area contributed by atoms with Gasteiger partial charge in [-0.1, -0.05) is 31.2 Å². The standard InChI is InChI=1S/C21H26FNO5S2/c1-15-11-12-19(18(22)14-15)23(30(25,26)27)13-7-10-20(16(2)21(24)28-3)29-17-8-5-4-6-9-17/h4-6,8-9,11-12,14,16,20H,7,10,13H2,1-3H3,(H,25,26,27). The van der Waals surface area contributed by atoms with Gasteiger partial charge in [-0.05, 0) is 49.6 Å². The van der Waals surface area contributed by atoms with Crippen LogP contribution < -0.4 is 4.31 Å². The molecule has 2 atom stereocenters. The molecule has 0 radical (unpaired) electrons. The largest absolute Gasteiger partial charge is 0.469 e. The van der Waals surface area contributed by atoms with Gasteiger partial charge in [-0.2, -0.15) is 8.42 Å². The third kappa shape index (κ3) is 6.72. The summed E-state index contributed by atoms with van der Waals surface area (Å²) >= 11 is 1.50. The third-order valence-corrected chi connectivity index (χ3v) is 7.09. The van der Waals surface area contributed by atoms with Gasteiger partial charge in [-0.25, -0.2) is 8.70 Å². The highest BCUT2D eigenvalue weighted by atomic mass is 32.2. The first-order valence-corrected chi connectivity index (χ1v) is 11.7. The lowest BCUT2D eigenvalue weighted by atomic mass is 10.0. The maximum Gasteiger partial charge on any atom is 0.360 e. The van der Waals surface area contributed by atoms with Crippen LogP contribution >= 0.6 is 11.8 Å². The number of ether oxygens (including phenoxy) is 1. The summed E-state index contributed by atoms with van der Waals surface area (Å²) in [6, 6.07) is 13.6. The predicted octanol–water partition coefficient (Wildman–Crippen LogP) is 4.49. The van der Waals surface area contributed by atoms with Crippen LogP contribution in [0.2, 0.25) is 0 Å². The molecule has 0 aliphatic heterocycles. The second-order valence-electron chi connectivity index (χ2n) is 6.93. The van der Waals surface area contributed by atoms with Gasteiger partial charge in [0.05, 0.1) is 18.7 Å². The summed E-state index contributed by atoms with van der Waals surface area (Å²) in [7, 11) is -3.33. The van der Waals surface area contributed by atoms with Crippen LogP contribution in [-0.2, 0) is 19.8 Å². The zero-order valence-electron chi connectivity index (χ0n) is 17.1. The van der Waals surface area contributed by atoms with Crippen molar-refractivity contribution in [1.29, 1.82) is 0 Å². The molecule has 0 aliphatic carbocycles. The highest BCUT2D eigenvalue weighted by Crippen LogP contribution is 2.32. The topological polar surface area (TPSA) is 83.9 Å². The van der Waals surface area contributed by atoms with E-state index in [0.29, 0.717) is 22.7 Å². The minimum atomic E-state index is -4.66. The number of thioether (sulfide) groups is 1. The van der Waals surface area contributed by atoms with Crippen LogP contribution in [0.3, 0.4) is 0 Å². The second kappa shape index (κ2) is 10.8. The van der Waals surface area contributed by atoms with E-state index in [4.69, 9.17) is 4.74 Å². The molecule has 2 aromatic carbocycles. The summed E-state index contributed by atoms with van der Waals surface area (Å²) in [4.78, 5) is 13.0. The van der Waals surface area contributed by atoms with Crippen LogP contribution in [0.1, 0.15) is 25.3 Å². The Morgan fingerprint density at radius 1 is 1.23 bits per heavy atom. The molecule has 0 amide bonds. The number of carbonyl (C=O) groups is 1. The predicted molar refractivity (Wildman–Crippen MR) is 117 cm³/mol. The molecule has 0 aromatic heterocycles. The SMILES string of the molecule is COC(=O)C(C)C(CCCN(c1ccc(C)cc1F)S(=O)(=O)O)Sc1ccccc1. The summed E-state index contributed by atoms with van der Waals surface area (Å²) < 4.78 is 53.1. The van der Waals surface area contributed by atoms with Crippen LogP contribution in [0.25, 0.3) is 0 Å². The summed E-state index contributed by atoms with van der Waals surface area (Å²) in [5.74, 6) is -1.53. The first-order chi connectivity index (χ1) is 14.1. The average Bonchev–Trinajstić information content (AvgIpc) is 2.70. The Kier molecular flexibility index (Phi) is 8.69. The average molecular weight is 456 g/mol.